The first kappa shape index (κ1) is 35.7. The second-order valence-electron chi connectivity index (χ2n) is 13.8. The predicted octanol–water partition coefficient (Wildman–Crippen LogP) is 3.59. The molecule has 5 rings (SSSR count). The van der Waals surface area contributed by atoms with Gasteiger partial charge in [0.15, 0.2) is 11.4 Å². The van der Waals surface area contributed by atoms with E-state index in [1.165, 1.54) is 11.1 Å². The molecule has 0 spiro atoms. The molecule has 3 aliphatic carbocycles. The number of nitrogens with one attached hydrogen (secondary N) is 1. The summed E-state index contributed by atoms with van der Waals surface area (Å²) in [4.78, 5) is 58.8. The van der Waals surface area contributed by atoms with E-state index in [2.05, 4.69) is 24.1 Å². The van der Waals surface area contributed by atoms with Gasteiger partial charge in [0.2, 0.25) is 5.78 Å². The van der Waals surface area contributed by atoms with E-state index in [4.69, 9.17) is 5.73 Å². The highest BCUT2D eigenvalue weighted by Crippen LogP contribution is 2.53. The molecule has 49 heavy (non-hydrogen) atoms. The van der Waals surface area contributed by atoms with Gasteiger partial charge < -0.3 is 31.5 Å². The Hall–Kier alpha value is -4.55. The van der Waals surface area contributed by atoms with E-state index < -0.39 is 64.0 Å². The number of benzene rings is 1. The zero-order valence-corrected chi connectivity index (χ0v) is 28.5. The normalized spacial score (nSPS) is 23.4. The van der Waals surface area contributed by atoms with Crippen LogP contribution in [0.25, 0.3) is 0 Å². The van der Waals surface area contributed by atoms with Gasteiger partial charge in [-0.05, 0) is 74.9 Å². The summed E-state index contributed by atoms with van der Waals surface area (Å²) >= 11 is 0. The van der Waals surface area contributed by atoms with Crippen LogP contribution >= 0.6 is 0 Å². The number of carbonyl (C=O) groups excluding carboxylic acids is 4. The van der Waals surface area contributed by atoms with Crippen molar-refractivity contribution in [3.63, 3.8) is 0 Å². The van der Waals surface area contributed by atoms with Crippen molar-refractivity contribution < 1.29 is 39.6 Å². The number of hydrogen-bond acceptors (Lipinski definition) is 10. The topological polar surface area (TPSA) is 203 Å². The van der Waals surface area contributed by atoms with E-state index in [1.807, 2.05) is 6.07 Å². The molecular weight excluding hydrogens is 628 g/mol. The van der Waals surface area contributed by atoms with Crippen LogP contribution in [0.15, 0.2) is 53.3 Å². The zero-order chi connectivity index (χ0) is 35.8. The molecule has 2 amide bonds. The highest BCUT2D eigenvalue weighted by atomic mass is 16.3. The lowest BCUT2D eigenvalue weighted by Crippen LogP contribution is -2.63. The van der Waals surface area contributed by atoms with E-state index in [-0.39, 0.29) is 36.3 Å². The Kier molecular flexibility index (Phi) is 10.3. The zero-order valence-electron chi connectivity index (χ0n) is 28.5. The van der Waals surface area contributed by atoms with Gasteiger partial charge in [-0.15, -0.1) is 0 Å². The summed E-state index contributed by atoms with van der Waals surface area (Å²) in [5.41, 5.74) is 3.70. The van der Waals surface area contributed by atoms with Crippen molar-refractivity contribution in [2.24, 2.45) is 23.5 Å². The second-order valence-corrected chi connectivity index (χ2v) is 13.8. The number of aryl methyl sites for hydroxylation is 1. The Morgan fingerprint density at radius 1 is 1.10 bits per heavy atom. The summed E-state index contributed by atoms with van der Waals surface area (Å²) in [5.74, 6) is -6.90. The van der Waals surface area contributed by atoms with Gasteiger partial charge in [-0.3, -0.25) is 29.1 Å². The Bertz CT molecular complexity index is 1730. The number of nitrogens with zero attached hydrogens (tertiary/aromatic N) is 2. The molecule has 0 saturated heterocycles. The van der Waals surface area contributed by atoms with Crippen LogP contribution < -0.4 is 11.1 Å². The van der Waals surface area contributed by atoms with E-state index in [1.54, 1.807) is 32.4 Å². The summed E-state index contributed by atoms with van der Waals surface area (Å²) in [6, 6.07) is 4.00. The third kappa shape index (κ3) is 6.23. The number of amides is 2. The number of aliphatic hydroxyl groups is 3. The fraction of sp³-hybridized carbons (Fsp3) is 0.486. The number of aliphatic hydroxyl groups excluding tert-OH is 2. The molecule has 1 aromatic carbocycles. The molecule has 7 N–H and O–H groups in total. The minimum Gasteiger partial charge on any atom is -0.510 e. The van der Waals surface area contributed by atoms with Crippen LogP contribution in [0, 0.1) is 17.8 Å². The molecule has 3 aliphatic rings. The smallest absolute Gasteiger partial charge is 0.255 e. The standard InChI is InChI=1S/C37H46N4O8/c1-5-8-19(9-6-2)11-12-20-14-23(18-40-36(48)21-10-7-13-39-17-21)30(42)27-24(20)15-22-16-25-29(41(3)4)32(44)28(35(38)47)34(46)37(25,49)33(45)26(22)31(27)43/h7,10,13-14,17,19,22,25,29,42,44-45,49H,5-6,8-9,11-12,15-16,18H2,1-4H3,(H2,38,47)(H,40,48)/t22-,25-,29-,37-/m0/s1. The van der Waals surface area contributed by atoms with Gasteiger partial charge in [0.1, 0.15) is 22.8 Å². The maximum Gasteiger partial charge on any atom is 0.255 e. The number of ketones is 2. The summed E-state index contributed by atoms with van der Waals surface area (Å²) in [6.45, 7) is 4.19. The third-order valence-electron chi connectivity index (χ3n) is 10.5. The summed E-state index contributed by atoms with van der Waals surface area (Å²) < 4.78 is 0. The maximum absolute atomic E-state index is 14.4. The third-order valence-corrected chi connectivity index (χ3v) is 10.5. The molecule has 0 fully saturated rings. The first-order chi connectivity index (χ1) is 23.3. The van der Waals surface area contributed by atoms with E-state index in [9.17, 15) is 39.6 Å². The van der Waals surface area contributed by atoms with Gasteiger partial charge in [-0.2, -0.15) is 0 Å². The van der Waals surface area contributed by atoms with Crippen LogP contribution in [0.2, 0.25) is 0 Å². The number of rotatable bonds is 12. The van der Waals surface area contributed by atoms with Crippen LogP contribution in [0.1, 0.15) is 89.8 Å². The maximum atomic E-state index is 14.4. The number of primary amides is 1. The molecule has 262 valence electrons. The molecule has 12 heteroatoms. The number of phenolic OH excluding ortho intramolecular Hbond substituents is 1. The number of hydrogen-bond donors (Lipinski definition) is 6. The molecule has 0 bridgehead atoms. The number of carbonyl (C=O) groups is 4. The quantitative estimate of drug-likeness (QED) is 0.181. The highest BCUT2D eigenvalue weighted by Gasteiger charge is 2.63. The number of allylic oxidation sites excluding steroid dienone is 1. The fourth-order valence-corrected chi connectivity index (χ4v) is 8.20. The van der Waals surface area contributed by atoms with Crippen molar-refractivity contribution in [3.05, 3.63) is 81.1 Å². The molecule has 0 saturated carbocycles. The molecule has 1 heterocycles. The fourth-order valence-electron chi connectivity index (χ4n) is 8.20. The van der Waals surface area contributed by atoms with Crippen molar-refractivity contribution in [2.75, 3.05) is 14.1 Å². The van der Waals surface area contributed by atoms with Gasteiger partial charge >= 0.3 is 0 Å². The molecule has 1 aromatic heterocycles. The molecule has 0 unspecified atom stereocenters. The van der Waals surface area contributed by atoms with Gasteiger partial charge in [0, 0.05) is 36.0 Å². The van der Waals surface area contributed by atoms with Crippen molar-refractivity contribution in [1.82, 2.24) is 15.2 Å². The Morgan fingerprint density at radius 3 is 2.39 bits per heavy atom. The molecule has 12 nitrogen and oxygen atoms in total. The largest absolute Gasteiger partial charge is 0.510 e. The lowest BCUT2D eigenvalue weighted by molar-refractivity contribution is -0.148. The monoisotopic (exact) mass is 674 g/mol. The molecule has 2 aromatic rings. The minimum atomic E-state index is -2.72. The highest BCUT2D eigenvalue weighted by molar-refractivity contribution is 6.24. The van der Waals surface area contributed by atoms with E-state index in [0.717, 1.165) is 37.7 Å². The van der Waals surface area contributed by atoms with Crippen LogP contribution in [-0.4, -0.2) is 79.4 Å². The Balaban J connectivity index is 1.62. The van der Waals surface area contributed by atoms with Gasteiger partial charge in [-0.25, -0.2) is 0 Å². The molecule has 0 aliphatic heterocycles. The van der Waals surface area contributed by atoms with Crippen LogP contribution in [-0.2, 0) is 29.0 Å². The van der Waals surface area contributed by atoms with Crippen molar-refractivity contribution in [3.8, 4) is 5.75 Å². The first-order valence-corrected chi connectivity index (χ1v) is 17.0. The number of likely N-dealkylation sites (N-methyl/N-ethyl adjacent to an activating group) is 1. The summed E-state index contributed by atoms with van der Waals surface area (Å²) in [7, 11) is 3.20. The number of aromatic nitrogens is 1. The first-order valence-electron chi connectivity index (χ1n) is 17.0. The Labute approximate surface area is 285 Å². The van der Waals surface area contributed by atoms with Crippen molar-refractivity contribution >= 4 is 23.4 Å². The Morgan fingerprint density at radius 2 is 1.80 bits per heavy atom. The van der Waals surface area contributed by atoms with E-state index in [0.29, 0.717) is 29.0 Å². The predicted molar refractivity (Wildman–Crippen MR) is 181 cm³/mol. The summed E-state index contributed by atoms with van der Waals surface area (Å²) in [6.07, 6.45) is 8.82. The van der Waals surface area contributed by atoms with Gasteiger partial charge in [0.05, 0.1) is 17.2 Å². The van der Waals surface area contributed by atoms with Gasteiger partial charge in [-0.1, -0.05) is 45.6 Å². The number of nitrogens with two attached hydrogens (primary N) is 1. The molecule has 0 radical (unpaired) electrons. The molecular formula is C37H46N4O8. The molecule has 4 atom stereocenters. The summed E-state index contributed by atoms with van der Waals surface area (Å²) in [5, 5.41) is 49.1. The number of pyridine rings is 1. The number of phenols is 1. The van der Waals surface area contributed by atoms with Crippen molar-refractivity contribution in [1.29, 1.82) is 0 Å². The minimum absolute atomic E-state index is 0.0170. The van der Waals surface area contributed by atoms with Gasteiger partial charge in [0.25, 0.3) is 11.8 Å². The second kappa shape index (κ2) is 14.1. The number of fused-ring (bicyclic) bond motifs is 3. The van der Waals surface area contributed by atoms with Crippen molar-refractivity contribution in [2.45, 2.75) is 83.4 Å². The number of aromatic hydroxyl groups is 1. The van der Waals surface area contributed by atoms with E-state index >= 15 is 0 Å². The lowest BCUT2D eigenvalue weighted by atomic mass is 9.58. The SMILES string of the molecule is CCCC(CCC)CCc1cc(CNC(=O)c2cccnc2)c(O)c2c1C[C@H]1C[C@H]3[C@H](N(C)C)C(O)=C(C(N)=O)C(=O)[C@@]3(O)C(O)=C1C2=O. The van der Waals surface area contributed by atoms with Crippen LogP contribution in [0.5, 0.6) is 5.75 Å². The lowest BCUT2D eigenvalue weighted by Gasteiger charge is -2.50. The average Bonchev–Trinajstić information content (AvgIpc) is 3.05. The van der Waals surface area contributed by atoms with Crippen LogP contribution in [0.3, 0.4) is 0 Å². The average molecular weight is 675 g/mol. The number of Topliss-reactive ketones (excluding diaryl/α,β-unsaturated/α-hetero) is 2. The van der Waals surface area contributed by atoms with Crippen LogP contribution in [0.4, 0.5) is 0 Å².